The van der Waals surface area contributed by atoms with E-state index >= 15 is 0 Å². The Morgan fingerprint density at radius 1 is 1.50 bits per heavy atom. The van der Waals surface area contributed by atoms with E-state index in [9.17, 15) is 0 Å². The van der Waals surface area contributed by atoms with Crippen molar-refractivity contribution in [2.75, 3.05) is 23.8 Å². The van der Waals surface area contributed by atoms with Gasteiger partial charge in [-0.3, -0.25) is 0 Å². The smallest absolute Gasteiger partial charge is 0.239 e. The van der Waals surface area contributed by atoms with Gasteiger partial charge in [-0.2, -0.15) is 10.2 Å². The summed E-state index contributed by atoms with van der Waals surface area (Å²) in [5.41, 5.74) is 6.33. The highest BCUT2D eigenvalue weighted by Gasteiger charge is 2.13. The molecule has 0 spiro atoms. The van der Waals surface area contributed by atoms with Crippen molar-refractivity contribution in [3.8, 4) is 11.9 Å². The number of hydrogen-bond donors (Lipinski definition) is 1. The van der Waals surface area contributed by atoms with E-state index < -0.39 is 0 Å². The van der Waals surface area contributed by atoms with E-state index in [1.165, 1.54) is 0 Å². The summed E-state index contributed by atoms with van der Waals surface area (Å²) in [4.78, 5) is 6.47. The molecule has 1 aromatic heterocycles. The summed E-state index contributed by atoms with van der Waals surface area (Å²) in [5, 5.41) is 8.69. The van der Waals surface area contributed by atoms with Crippen LogP contribution in [0, 0.1) is 11.3 Å². The molecule has 5 heteroatoms. The van der Waals surface area contributed by atoms with E-state index in [4.69, 9.17) is 15.7 Å². The number of nitrogens with zero attached hydrogens (tertiary/aromatic N) is 3. The summed E-state index contributed by atoms with van der Waals surface area (Å²) in [6, 6.07) is 6.06. The van der Waals surface area contributed by atoms with Gasteiger partial charge in [0.2, 0.25) is 5.88 Å². The van der Waals surface area contributed by atoms with Crippen LogP contribution in [-0.4, -0.2) is 24.2 Å². The number of aromatic nitrogens is 1. The maximum Gasteiger partial charge on any atom is 0.239 e. The van der Waals surface area contributed by atoms with Gasteiger partial charge in [-0.05, 0) is 32.9 Å². The molecule has 0 aliphatic rings. The Morgan fingerprint density at radius 2 is 2.22 bits per heavy atom. The lowest BCUT2D eigenvalue weighted by atomic mass is 10.2. The van der Waals surface area contributed by atoms with E-state index in [1.807, 2.05) is 13.0 Å². The van der Waals surface area contributed by atoms with Crippen LogP contribution in [0.15, 0.2) is 12.1 Å². The zero-order valence-electron chi connectivity index (χ0n) is 11.2. The number of pyridine rings is 1. The summed E-state index contributed by atoms with van der Waals surface area (Å²) in [6.45, 7) is 7.20. The van der Waals surface area contributed by atoms with Crippen molar-refractivity contribution in [1.82, 2.24) is 4.98 Å². The molecule has 0 atom stereocenters. The molecule has 5 nitrogen and oxygen atoms in total. The SMILES string of the molecule is CCOc1nc(N(CCC#N)C(C)C)ccc1N. The number of hydrogen-bond acceptors (Lipinski definition) is 5. The van der Waals surface area contributed by atoms with Crippen molar-refractivity contribution in [3.05, 3.63) is 12.1 Å². The third kappa shape index (κ3) is 3.52. The molecule has 1 heterocycles. The zero-order chi connectivity index (χ0) is 13.5. The maximum atomic E-state index is 8.69. The number of nitrogen functional groups attached to an aromatic ring is 1. The lowest BCUT2D eigenvalue weighted by Crippen LogP contribution is -2.32. The number of nitrogens with two attached hydrogens (primary N) is 1. The molecule has 0 saturated heterocycles. The minimum absolute atomic E-state index is 0.268. The van der Waals surface area contributed by atoms with Crippen molar-refractivity contribution in [3.63, 3.8) is 0 Å². The lowest BCUT2D eigenvalue weighted by Gasteiger charge is -2.27. The molecule has 2 N–H and O–H groups in total. The lowest BCUT2D eigenvalue weighted by molar-refractivity contribution is 0.329. The van der Waals surface area contributed by atoms with Gasteiger partial charge in [-0.15, -0.1) is 0 Å². The highest BCUT2D eigenvalue weighted by molar-refractivity contribution is 5.54. The molecule has 0 fully saturated rings. The molecule has 0 radical (unpaired) electrons. The van der Waals surface area contributed by atoms with Crippen LogP contribution in [0.5, 0.6) is 5.88 Å². The molecule has 18 heavy (non-hydrogen) atoms. The van der Waals surface area contributed by atoms with Crippen LogP contribution >= 0.6 is 0 Å². The van der Waals surface area contributed by atoms with Gasteiger partial charge in [0, 0.05) is 12.6 Å². The number of ether oxygens (including phenoxy) is 1. The van der Waals surface area contributed by atoms with Gasteiger partial charge >= 0.3 is 0 Å². The first-order chi connectivity index (χ1) is 8.60. The van der Waals surface area contributed by atoms with Crippen molar-refractivity contribution in [2.45, 2.75) is 33.2 Å². The molecular formula is C13H20N4O. The fourth-order valence-corrected chi connectivity index (χ4v) is 1.66. The molecule has 0 aliphatic carbocycles. The molecular weight excluding hydrogens is 228 g/mol. The molecule has 0 amide bonds. The maximum absolute atomic E-state index is 8.69. The van der Waals surface area contributed by atoms with E-state index in [0.717, 1.165) is 5.82 Å². The Kier molecular flexibility index (Phi) is 5.25. The average molecular weight is 248 g/mol. The normalized spacial score (nSPS) is 10.2. The van der Waals surface area contributed by atoms with Crippen molar-refractivity contribution < 1.29 is 4.74 Å². The zero-order valence-corrected chi connectivity index (χ0v) is 11.2. The highest BCUT2D eigenvalue weighted by atomic mass is 16.5. The standard InChI is InChI=1S/C13H20N4O/c1-4-18-13-11(15)6-7-12(16-13)17(10(2)3)9-5-8-14/h6-7,10H,4-5,9,15H2,1-3H3. The first kappa shape index (κ1) is 14.1. The second-order valence-electron chi connectivity index (χ2n) is 4.19. The average Bonchev–Trinajstić information content (AvgIpc) is 2.33. The van der Waals surface area contributed by atoms with E-state index in [0.29, 0.717) is 31.1 Å². The predicted octanol–water partition coefficient (Wildman–Crippen LogP) is 2.19. The van der Waals surface area contributed by atoms with Crippen molar-refractivity contribution in [2.24, 2.45) is 0 Å². The van der Waals surface area contributed by atoms with Crippen LogP contribution in [0.2, 0.25) is 0 Å². The fraction of sp³-hybridized carbons (Fsp3) is 0.538. The largest absolute Gasteiger partial charge is 0.476 e. The molecule has 98 valence electrons. The van der Waals surface area contributed by atoms with Gasteiger partial charge in [0.05, 0.1) is 24.8 Å². The van der Waals surface area contributed by atoms with E-state index in [2.05, 4.69) is 29.8 Å². The molecule has 0 unspecified atom stereocenters. The Hall–Kier alpha value is -1.96. The molecule has 1 aromatic rings. The molecule has 1 rings (SSSR count). The first-order valence-electron chi connectivity index (χ1n) is 6.13. The van der Waals surface area contributed by atoms with Gasteiger partial charge in [0.25, 0.3) is 0 Å². The van der Waals surface area contributed by atoms with Gasteiger partial charge in [0.15, 0.2) is 0 Å². The summed E-state index contributed by atoms with van der Waals surface area (Å²) >= 11 is 0. The summed E-state index contributed by atoms with van der Waals surface area (Å²) in [7, 11) is 0. The number of anilines is 2. The third-order valence-corrected chi connectivity index (χ3v) is 2.54. The minimum Gasteiger partial charge on any atom is -0.476 e. The van der Waals surface area contributed by atoms with Crippen molar-refractivity contribution >= 4 is 11.5 Å². The minimum atomic E-state index is 0.268. The fourth-order valence-electron chi connectivity index (χ4n) is 1.66. The molecule has 0 aromatic carbocycles. The van der Waals surface area contributed by atoms with Crippen LogP contribution in [0.1, 0.15) is 27.2 Å². The topological polar surface area (TPSA) is 75.2 Å². The van der Waals surface area contributed by atoms with Crippen LogP contribution < -0.4 is 15.4 Å². The summed E-state index contributed by atoms with van der Waals surface area (Å²) in [5.74, 6) is 1.25. The molecule has 0 bridgehead atoms. The second-order valence-corrected chi connectivity index (χ2v) is 4.19. The van der Waals surface area contributed by atoms with Crippen molar-refractivity contribution in [1.29, 1.82) is 5.26 Å². The molecule has 0 aliphatic heterocycles. The Morgan fingerprint density at radius 3 is 2.78 bits per heavy atom. The second kappa shape index (κ2) is 6.70. The van der Waals surface area contributed by atoms with Crippen LogP contribution in [-0.2, 0) is 0 Å². The highest BCUT2D eigenvalue weighted by Crippen LogP contribution is 2.24. The monoisotopic (exact) mass is 248 g/mol. The number of nitriles is 1. The Labute approximate surface area is 108 Å². The van der Waals surface area contributed by atoms with Crippen LogP contribution in [0.4, 0.5) is 11.5 Å². The van der Waals surface area contributed by atoms with Gasteiger partial charge in [-0.25, -0.2) is 0 Å². The van der Waals surface area contributed by atoms with Crippen LogP contribution in [0.3, 0.4) is 0 Å². The molecule has 0 saturated carbocycles. The van der Waals surface area contributed by atoms with E-state index in [1.54, 1.807) is 6.07 Å². The van der Waals surface area contributed by atoms with Gasteiger partial charge in [-0.1, -0.05) is 0 Å². The predicted molar refractivity (Wildman–Crippen MR) is 72.5 cm³/mol. The quantitative estimate of drug-likeness (QED) is 0.835. The van der Waals surface area contributed by atoms with Gasteiger partial charge in [0.1, 0.15) is 5.82 Å². The summed E-state index contributed by atoms with van der Waals surface area (Å²) < 4.78 is 5.38. The van der Waals surface area contributed by atoms with Crippen LogP contribution in [0.25, 0.3) is 0 Å². The first-order valence-corrected chi connectivity index (χ1v) is 6.13. The Bertz CT molecular complexity index is 425. The third-order valence-electron chi connectivity index (χ3n) is 2.54. The number of rotatable bonds is 6. The Balaban J connectivity index is 2.98. The van der Waals surface area contributed by atoms with Gasteiger partial charge < -0.3 is 15.4 Å². The summed E-state index contributed by atoms with van der Waals surface area (Å²) in [6.07, 6.45) is 0.466. The van der Waals surface area contributed by atoms with E-state index in [-0.39, 0.29) is 6.04 Å².